The first-order valence-electron chi connectivity index (χ1n) is 10.6. The third-order valence-electron chi connectivity index (χ3n) is 6.44. The standard InChI is InChI=1S/C21H29N5O3S/c1-14(2)20(21(27)25-12-15-3-4-16(13-25)6-5-15)26-19(11-23-24-26)17-7-9-18(10-8-17)30(22,28)29/h7-11,14-16,20H,3-6,12-13H2,1-2H3,(H2,22,28,29)/t15?,16?,20-/m0/s1. The molecule has 5 rings (SSSR count). The lowest BCUT2D eigenvalue weighted by molar-refractivity contribution is -0.137. The predicted octanol–water partition coefficient (Wildman–Crippen LogP) is 2.44. The molecular weight excluding hydrogens is 402 g/mol. The van der Waals surface area contributed by atoms with Crippen molar-refractivity contribution in [2.75, 3.05) is 13.1 Å². The normalized spacial score (nSPS) is 22.9. The van der Waals surface area contributed by atoms with Crippen LogP contribution in [0, 0.1) is 17.8 Å². The van der Waals surface area contributed by atoms with Crippen molar-refractivity contribution >= 4 is 15.9 Å². The largest absolute Gasteiger partial charge is 0.340 e. The number of amides is 1. The summed E-state index contributed by atoms with van der Waals surface area (Å²) in [5.41, 5.74) is 1.42. The summed E-state index contributed by atoms with van der Waals surface area (Å²) in [6.07, 6.45) is 6.47. The number of carbonyl (C=O) groups is 1. The van der Waals surface area contributed by atoms with Crippen molar-refractivity contribution in [3.63, 3.8) is 0 Å². The second-order valence-electron chi connectivity index (χ2n) is 8.95. The highest BCUT2D eigenvalue weighted by atomic mass is 32.2. The minimum Gasteiger partial charge on any atom is -0.340 e. The first-order valence-corrected chi connectivity index (χ1v) is 12.1. The molecule has 1 aliphatic carbocycles. The van der Waals surface area contributed by atoms with Crippen molar-refractivity contribution < 1.29 is 13.2 Å². The van der Waals surface area contributed by atoms with Gasteiger partial charge in [0.05, 0.1) is 16.8 Å². The number of benzene rings is 1. The number of primary sulfonamides is 1. The van der Waals surface area contributed by atoms with Crippen LogP contribution in [0.4, 0.5) is 0 Å². The van der Waals surface area contributed by atoms with Gasteiger partial charge < -0.3 is 4.90 Å². The zero-order chi connectivity index (χ0) is 21.5. The number of nitrogens with two attached hydrogens (primary N) is 1. The number of carbonyl (C=O) groups excluding carboxylic acids is 1. The van der Waals surface area contributed by atoms with E-state index in [-0.39, 0.29) is 16.7 Å². The highest BCUT2D eigenvalue weighted by Gasteiger charge is 2.37. The molecule has 1 saturated carbocycles. The Morgan fingerprint density at radius 3 is 2.13 bits per heavy atom. The van der Waals surface area contributed by atoms with Crippen molar-refractivity contribution in [1.29, 1.82) is 0 Å². The van der Waals surface area contributed by atoms with E-state index in [0.29, 0.717) is 17.5 Å². The summed E-state index contributed by atoms with van der Waals surface area (Å²) in [4.78, 5) is 15.7. The molecule has 2 bridgehead atoms. The molecule has 3 fully saturated rings. The maximum absolute atomic E-state index is 13.6. The van der Waals surface area contributed by atoms with Gasteiger partial charge in [-0.05, 0) is 55.6 Å². The molecule has 1 amide bonds. The van der Waals surface area contributed by atoms with E-state index in [2.05, 4.69) is 10.3 Å². The Labute approximate surface area is 177 Å². The fourth-order valence-electron chi connectivity index (χ4n) is 4.80. The lowest BCUT2D eigenvalue weighted by Gasteiger charge is -2.30. The Kier molecular flexibility index (Phi) is 5.67. The smallest absolute Gasteiger partial charge is 0.247 e. The molecule has 2 saturated heterocycles. The monoisotopic (exact) mass is 431 g/mol. The molecule has 0 unspecified atom stereocenters. The van der Waals surface area contributed by atoms with Gasteiger partial charge in [0.15, 0.2) is 0 Å². The molecule has 162 valence electrons. The number of sulfonamides is 1. The van der Waals surface area contributed by atoms with E-state index < -0.39 is 16.1 Å². The van der Waals surface area contributed by atoms with Crippen LogP contribution in [0.5, 0.6) is 0 Å². The maximum atomic E-state index is 13.6. The first-order chi connectivity index (χ1) is 14.2. The van der Waals surface area contributed by atoms with E-state index in [4.69, 9.17) is 5.14 Å². The van der Waals surface area contributed by atoms with Gasteiger partial charge in [-0.25, -0.2) is 18.2 Å². The van der Waals surface area contributed by atoms with Crippen molar-refractivity contribution in [1.82, 2.24) is 19.9 Å². The molecule has 2 N–H and O–H groups in total. The second-order valence-corrected chi connectivity index (χ2v) is 10.5. The lowest BCUT2D eigenvalue weighted by atomic mass is 9.84. The Morgan fingerprint density at radius 2 is 1.63 bits per heavy atom. The van der Waals surface area contributed by atoms with Gasteiger partial charge in [0.2, 0.25) is 15.9 Å². The number of rotatable bonds is 5. The van der Waals surface area contributed by atoms with Crippen LogP contribution in [0.2, 0.25) is 0 Å². The summed E-state index contributed by atoms with van der Waals surface area (Å²) in [7, 11) is -3.76. The molecule has 1 atom stereocenters. The van der Waals surface area contributed by atoms with E-state index in [1.54, 1.807) is 23.0 Å². The van der Waals surface area contributed by atoms with Gasteiger partial charge in [0.1, 0.15) is 6.04 Å². The van der Waals surface area contributed by atoms with Gasteiger partial charge in [-0.3, -0.25) is 4.79 Å². The van der Waals surface area contributed by atoms with E-state index in [1.807, 2.05) is 18.7 Å². The van der Waals surface area contributed by atoms with Gasteiger partial charge in [0, 0.05) is 18.7 Å². The zero-order valence-electron chi connectivity index (χ0n) is 17.4. The topological polar surface area (TPSA) is 111 Å². The number of hydrogen-bond donors (Lipinski definition) is 1. The van der Waals surface area contributed by atoms with Crippen LogP contribution < -0.4 is 5.14 Å². The molecule has 3 aliphatic rings. The van der Waals surface area contributed by atoms with Gasteiger partial charge in [-0.2, -0.15) is 0 Å². The number of nitrogens with zero attached hydrogens (tertiary/aromatic N) is 4. The van der Waals surface area contributed by atoms with E-state index in [0.717, 1.165) is 18.7 Å². The molecule has 8 nitrogen and oxygen atoms in total. The minimum atomic E-state index is -3.76. The second kappa shape index (κ2) is 8.11. The highest BCUT2D eigenvalue weighted by molar-refractivity contribution is 7.89. The molecule has 0 radical (unpaired) electrons. The Hall–Kier alpha value is -2.26. The van der Waals surface area contributed by atoms with Crippen molar-refractivity contribution in [3.8, 4) is 11.3 Å². The van der Waals surface area contributed by atoms with Gasteiger partial charge in [0.25, 0.3) is 0 Å². The number of fused-ring (bicyclic) bond motifs is 4. The number of aromatic nitrogens is 3. The van der Waals surface area contributed by atoms with Crippen LogP contribution in [-0.2, 0) is 14.8 Å². The maximum Gasteiger partial charge on any atom is 0.247 e. The fraction of sp³-hybridized carbons (Fsp3) is 0.571. The van der Waals surface area contributed by atoms with E-state index in [1.165, 1.54) is 37.8 Å². The summed E-state index contributed by atoms with van der Waals surface area (Å²) in [5.74, 6) is 1.32. The molecule has 3 heterocycles. The predicted molar refractivity (Wildman–Crippen MR) is 113 cm³/mol. The third-order valence-corrected chi connectivity index (χ3v) is 7.37. The number of hydrogen-bond acceptors (Lipinski definition) is 5. The van der Waals surface area contributed by atoms with Crippen molar-refractivity contribution in [3.05, 3.63) is 30.5 Å². The molecule has 2 aliphatic heterocycles. The van der Waals surface area contributed by atoms with Crippen LogP contribution in [-0.4, -0.2) is 47.3 Å². The molecule has 9 heteroatoms. The van der Waals surface area contributed by atoms with Crippen molar-refractivity contribution in [2.24, 2.45) is 22.9 Å². The third kappa shape index (κ3) is 4.13. The summed E-state index contributed by atoms with van der Waals surface area (Å²) in [6, 6.07) is 5.80. The van der Waals surface area contributed by atoms with Crippen LogP contribution in [0.1, 0.15) is 45.6 Å². The Morgan fingerprint density at radius 1 is 1.07 bits per heavy atom. The first kappa shape index (κ1) is 21.0. The Bertz CT molecular complexity index is 994. The zero-order valence-corrected chi connectivity index (χ0v) is 18.3. The molecular formula is C21H29N5O3S. The van der Waals surface area contributed by atoms with Crippen molar-refractivity contribution in [2.45, 2.75) is 50.5 Å². The molecule has 0 spiro atoms. The van der Waals surface area contributed by atoms with Crippen LogP contribution in [0.25, 0.3) is 11.3 Å². The van der Waals surface area contributed by atoms with Crippen LogP contribution in [0.3, 0.4) is 0 Å². The fourth-order valence-corrected chi connectivity index (χ4v) is 5.32. The quantitative estimate of drug-likeness (QED) is 0.782. The SMILES string of the molecule is CC(C)[C@@H](C(=O)N1CC2CCC(CC2)C1)n1nncc1-c1ccc(S(N)(=O)=O)cc1. The summed E-state index contributed by atoms with van der Waals surface area (Å²) in [6.45, 7) is 5.69. The Balaban J connectivity index is 1.65. The molecule has 30 heavy (non-hydrogen) atoms. The average Bonchev–Trinajstić information content (AvgIpc) is 2.96. The molecule has 1 aromatic heterocycles. The van der Waals surface area contributed by atoms with Gasteiger partial charge in [-0.1, -0.05) is 31.2 Å². The summed E-state index contributed by atoms with van der Waals surface area (Å²) >= 11 is 0. The average molecular weight is 432 g/mol. The summed E-state index contributed by atoms with van der Waals surface area (Å²) in [5, 5.41) is 13.5. The molecule has 2 aromatic rings. The van der Waals surface area contributed by atoms with Gasteiger partial charge in [-0.15, -0.1) is 5.10 Å². The minimum absolute atomic E-state index is 0.0301. The lowest BCUT2D eigenvalue weighted by Crippen LogP contribution is -2.42. The van der Waals surface area contributed by atoms with E-state index in [9.17, 15) is 13.2 Å². The van der Waals surface area contributed by atoms with Crippen LogP contribution in [0.15, 0.2) is 35.4 Å². The highest BCUT2D eigenvalue weighted by Crippen LogP contribution is 2.36. The van der Waals surface area contributed by atoms with E-state index >= 15 is 0 Å². The molecule has 1 aromatic carbocycles. The van der Waals surface area contributed by atoms with Gasteiger partial charge >= 0.3 is 0 Å². The van der Waals surface area contributed by atoms with Crippen LogP contribution >= 0.6 is 0 Å². The summed E-state index contributed by atoms with van der Waals surface area (Å²) < 4.78 is 24.8.